The monoisotopic (exact) mass is 294 g/mol. The van der Waals surface area contributed by atoms with Crippen molar-refractivity contribution in [2.75, 3.05) is 18.0 Å². The molecule has 2 nitrogen and oxygen atoms in total. The van der Waals surface area contributed by atoms with E-state index < -0.39 is 0 Å². The van der Waals surface area contributed by atoms with Gasteiger partial charge in [-0.3, -0.25) is 0 Å². The minimum absolute atomic E-state index is 0.640. The summed E-state index contributed by atoms with van der Waals surface area (Å²) in [5.74, 6) is 0. The summed E-state index contributed by atoms with van der Waals surface area (Å²) in [6.07, 6.45) is 2.44. The highest BCUT2D eigenvalue weighted by Crippen LogP contribution is 2.20. The Kier molecular flexibility index (Phi) is 4.79. The zero-order valence-corrected chi connectivity index (χ0v) is 13.7. The zero-order chi connectivity index (χ0) is 15.4. The van der Waals surface area contributed by atoms with E-state index in [0.717, 1.165) is 19.6 Å². The highest BCUT2D eigenvalue weighted by atomic mass is 15.1. The molecule has 3 rings (SSSR count). The van der Waals surface area contributed by atoms with Crippen LogP contribution in [0.5, 0.6) is 0 Å². The van der Waals surface area contributed by atoms with Gasteiger partial charge in [0.1, 0.15) is 0 Å². The predicted molar refractivity (Wildman–Crippen MR) is 94.4 cm³/mol. The van der Waals surface area contributed by atoms with Crippen molar-refractivity contribution in [1.82, 2.24) is 5.32 Å². The largest absolute Gasteiger partial charge is 0.371 e. The van der Waals surface area contributed by atoms with E-state index in [4.69, 9.17) is 0 Å². The molecular formula is C20H26N2. The first-order chi connectivity index (χ1) is 10.7. The van der Waals surface area contributed by atoms with Crippen molar-refractivity contribution in [3.63, 3.8) is 0 Å². The first kappa shape index (κ1) is 15.1. The average Bonchev–Trinajstić information content (AvgIpc) is 2.55. The number of nitrogens with zero attached hydrogens (tertiary/aromatic N) is 1. The van der Waals surface area contributed by atoms with E-state index in [9.17, 15) is 0 Å². The summed E-state index contributed by atoms with van der Waals surface area (Å²) in [5.41, 5.74) is 5.53. The number of benzene rings is 2. The Morgan fingerprint density at radius 1 is 1.00 bits per heavy atom. The molecule has 0 aliphatic carbocycles. The third kappa shape index (κ3) is 3.69. The third-order valence-electron chi connectivity index (χ3n) is 4.70. The second-order valence-electron chi connectivity index (χ2n) is 6.41. The summed E-state index contributed by atoms with van der Waals surface area (Å²) in [4.78, 5) is 2.50. The normalized spacial score (nSPS) is 16.0. The van der Waals surface area contributed by atoms with Gasteiger partial charge >= 0.3 is 0 Å². The molecule has 1 N–H and O–H groups in total. The van der Waals surface area contributed by atoms with Gasteiger partial charge in [-0.25, -0.2) is 0 Å². The molecule has 2 heteroatoms. The Hall–Kier alpha value is -1.80. The maximum atomic E-state index is 3.74. The number of rotatable bonds is 4. The zero-order valence-electron chi connectivity index (χ0n) is 13.7. The number of hydrogen-bond acceptors (Lipinski definition) is 2. The number of anilines is 1. The van der Waals surface area contributed by atoms with Gasteiger partial charge in [0.15, 0.2) is 0 Å². The average molecular weight is 294 g/mol. The van der Waals surface area contributed by atoms with Gasteiger partial charge in [-0.15, -0.1) is 0 Å². The van der Waals surface area contributed by atoms with Gasteiger partial charge in [-0.1, -0.05) is 42.0 Å². The molecule has 0 amide bonds. The van der Waals surface area contributed by atoms with Gasteiger partial charge in [-0.05, 0) is 49.9 Å². The van der Waals surface area contributed by atoms with E-state index in [1.54, 1.807) is 0 Å². The molecule has 116 valence electrons. The van der Waals surface area contributed by atoms with E-state index in [1.165, 1.54) is 35.2 Å². The molecule has 0 saturated carbocycles. The second kappa shape index (κ2) is 6.97. The van der Waals surface area contributed by atoms with Gasteiger partial charge in [0.2, 0.25) is 0 Å². The summed E-state index contributed by atoms with van der Waals surface area (Å²) in [6, 6.07) is 18.1. The Bertz CT molecular complexity index is 598. The quantitative estimate of drug-likeness (QED) is 0.914. The summed E-state index contributed by atoms with van der Waals surface area (Å²) < 4.78 is 0. The van der Waals surface area contributed by atoms with Gasteiger partial charge in [-0.2, -0.15) is 0 Å². The molecule has 0 spiro atoms. The summed E-state index contributed by atoms with van der Waals surface area (Å²) in [6.45, 7) is 7.65. The molecule has 0 unspecified atom stereocenters. The summed E-state index contributed by atoms with van der Waals surface area (Å²) in [7, 11) is 0. The molecule has 2 aromatic carbocycles. The Morgan fingerprint density at radius 3 is 2.41 bits per heavy atom. The van der Waals surface area contributed by atoms with Crippen molar-refractivity contribution in [1.29, 1.82) is 0 Å². The predicted octanol–water partition coefficient (Wildman–Crippen LogP) is 4.06. The van der Waals surface area contributed by atoms with Crippen molar-refractivity contribution in [3.05, 3.63) is 65.2 Å². The molecule has 0 atom stereocenters. The highest BCUT2D eigenvalue weighted by molar-refractivity contribution is 5.46. The maximum absolute atomic E-state index is 3.74. The van der Waals surface area contributed by atoms with Crippen LogP contribution in [0.25, 0.3) is 0 Å². The fraction of sp³-hybridized carbons (Fsp3) is 0.400. The van der Waals surface area contributed by atoms with Crippen LogP contribution in [-0.4, -0.2) is 19.1 Å². The van der Waals surface area contributed by atoms with Crippen LogP contribution >= 0.6 is 0 Å². The number of aryl methyl sites for hydroxylation is 2. The molecule has 0 bridgehead atoms. The molecule has 2 aromatic rings. The van der Waals surface area contributed by atoms with Crippen LogP contribution in [0.1, 0.15) is 29.5 Å². The molecule has 1 saturated heterocycles. The van der Waals surface area contributed by atoms with Crippen molar-refractivity contribution in [2.45, 2.75) is 39.3 Å². The molecule has 1 aliphatic rings. The molecular weight excluding hydrogens is 268 g/mol. The van der Waals surface area contributed by atoms with Crippen molar-refractivity contribution in [3.8, 4) is 0 Å². The van der Waals surface area contributed by atoms with Crippen LogP contribution in [0.4, 0.5) is 5.69 Å². The number of nitrogens with one attached hydrogen (secondary N) is 1. The van der Waals surface area contributed by atoms with Crippen LogP contribution in [-0.2, 0) is 6.54 Å². The SMILES string of the molecule is Cc1ccc(CNC2CCN(c3ccccc3)CC2)c(C)c1. The van der Waals surface area contributed by atoms with E-state index in [0.29, 0.717) is 6.04 Å². The van der Waals surface area contributed by atoms with Crippen LogP contribution < -0.4 is 10.2 Å². The Labute approximate surface area is 134 Å². The molecule has 1 heterocycles. The van der Waals surface area contributed by atoms with E-state index in [1.807, 2.05) is 0 Å². The van der Waals surface area contributed by atoms with Gasteiger partial charge in [0.25, 0.3) is 0 Å². The molecule has 0 radical (unpaired) electrons. The third-order valence-corrected chi connectivity index (χ3v) is 4.70. The van der Waals surface area contributed by atoms with Crippen LogP contribution in [0.3, 0.4) is 0 Å². The fourth-order valence-corrected chi connectivity index (χ4v) is 3.28. The standard InChI is InChI=1S/C20H26N2/c1-16-8-9-18(17(2)14-16)15-21-19-10-12-22(13-11-19)20-6-4-3-5-7-20/h3-9,14,19,21H,10-13,15H2,1-2H3. The highest BCUT2D eigenvalue weighted by Gasteiger charge is 2.18. The van der Waals surface area contributed by atoms with Crippen molar-refractivity contribution < 1.29 is 0 Å². The lowest BCUT2D eigenvalue weighted by Gasteiger charge is -2.34. The smallest absolute Gasteiger partial charge is 0.0366 e. The summed E-state index contributed by atoms with van der Waals surface area (Å²) in [5, 5.41) is 3.74. The number of para-hydroxylation sites is 1. The Balaban J connectivity index is 1.50. The van der Waals surface area contributed by atoms with Gasteiger partial charge in [0.05, 0.1) is 0 Å². The lowest BCUT2D eigenvalue weighted by atomic mass is 10.0. The maximum Gasteiger partial charge on any atom is 0.0366 e. The minimum Gasteiger partial charge on any atom is -0.371 e. The van der Waals surface area contributed by atoms with Gasteiger partial charge < -0.3 is 10.2 Å². The fourth-order valence-electron chi connectivity index (χ4n) is 3.28. The van der Waals surface area contributed by atoms with E-state index in [-0.39, 0.29) is 0 Å². The van der Waals surface area contributed by atoms with Crippen LogP contribution in [0, 0.1) is 13.8 Å². The topological polar surface area (TPSA) is 15.3 Å². The van der Waals surface area contributed by atoms with Gasteiger partial charge in [0, 0.05) is 31.4 Å². The van der Waals surface area contributed by atoms with Crippen LogP contribution in [0.2, 0.25) is 0 Å². The lowest BCUT2D eigenvalue weighted by Crippen LogP contribution is -2.42. The van der Waals surface area contributed by atoms with Crippen molar-refractivity contribution in [2.24, 2.45) is 0 Å². The van der Waals surface area contributed by atoms with E-state index in [2.05, 4.69) is 72.6 Å². The first-order valence-electron chi connectivity index (χ1n) is 8.32. The number of piperidine rings is 1. The molecule has 1 aliphatic heterocycles. The molecule has 22 heavy (non-hydrogen) atoms. The van der Waals surface area contributed by atoms with E-state index >= 15 is 0 Å². The molecule has 0 aromatic heterocycles. The molecule has 1 fully saturated rings. The van der Waals surface area contributed by atoms with Crippen molar-refractivity contribution >= 4 is 5.69 Å². The van der Waals surface area contributed by atoms with Crippen LogP contribution in [0.15, 0.2) is 48.5 Å². The lowest BCUT2D eigenvalue weighted by molar-refractivity contribution is 0.413. The second-order valence-corrected chi connectivity index (χ2v) is 6.41. The summed E-state index contributed by atoms with van der Waals surface area (Å²) >= 11 is 0. The Morgan fingerprint density at radius 2 is 1.73 bits per heavy atom. The first-order valence-corrected chi connectivity index (χ1v) is 8.32. The minimum atomic E-state index is 0.640. The number of hydrogen-bond donors (Lipinski definition) is 1.